The van der Waals surface area contributed by atoms with Gasteiger partial charge in [-0.05, 0) is 30.0 Å². The highest BCUT2D eigenvalue weighted by atomic mass is 32.2. The van der Waals surface area contributed by atoms with Crippen molar-refractivity contribution in [3.8, 4) is 0 Å². The van der Waals surface area contributed by atoms with Crippen molar-refractivity contribution >= 4 is 45.7 Å². The average Bonchev–Trinajstić information content (AvgIpc) is 3.12. The Kier molecular flexibility index (Phi) is 4.37. The number of aromatic nitrogens is 1. The molecule has 3 heterocycles. The Morgan fingerprint density at radius 1 is 1.19 bits per heavy atom. The molecule has 1 fully saturated rings. The average molecular weight is 376 g/mol. The quantitative estimate of drug-likeness (QED) is 0.609. The second-order valence-electron chi connectivity index (χ2n) is 6.00. The van der Waals surface area contributed by atoms with Crippen molar-refractivity contribution in [3.63, 3.8) is 0 Å². The molecule has 4 rings (SSSR count). The molecule has 0 atom stereocenters. The SMILES string of the molecule is C=CCN1C(=O)/C(=C2/C(=O)N(C)c3ccccc32)SC1=Nc1cccnc1. The molecular formula is C20H16N4O2S. The predicted molar refractivity (Wildman–Crippen MR) is 108 cm³/mol. The van der Waals surface area contributed by atoms with Crippen LogP contribution in [-0.2, 0) is 9.59 Å². The summed E-state index contributed by atoms with van der Waals surface area (Å²) in [4.78, 5) is 38.0. The summed E-state index contributed by atoms with van der Waals surface area (Å²) < 4.78 is 0. The highest BCUT2D eigenvalue weighted by Crippen LogP contribution is 2.44. The van der Waals surface area contributed by atoms with Crippen LogP contribution in [0.4, 0.5) is 11.4 Å². The van der Waals surface area contributed by atoms with E-state index >= 15 is 0 Å². The van der Waals surface area contributed by atoms with Gasteiger partial charge < -0.3 is 4.90 Å². The number of fused-ring (bicyclic) bond motifs is 1. The van der Waals surface area contributed by atoms with Gasteiger partial charge in [0.05, 0.1) is 28.0 Å². The van der Waals surface area contributed by atoms with Crippen LogP contribution in [0.2, 0.25) is 0 Å². The van der Waals surface area contributed by atoms with Crippen molar-refractivity contribution in [2.45, 2.75) is 0 Å². The molecule has 0 N–H and O–H groups in total. The molecule has 0 bridgehead atoms. The fourth-order valence-electron chi connectivity index (χ4n) is 3.05. The normalized spacial score (nSPS) is 20.6. The maximum atomic E-state index is 13.1. The first-order valence-electron chi connectivity index (χ1n) is 8.33. The van der Waals surface area contributed by atoms with E-state index in [9.17, 15) is 9.59 Å². The maximum absolute atomic E-state index is 13.1. The van der Waals surface area contributed by atoms with Gasteiger partial charge >= 0.3 is 0 Å². The number of nitrogens with zero attached hydrogens (tertiary/aromatic N) is 4. The van der Waals surface area contributed by atoms with Crippen molar-refractivity contribution in [1.82, 2.24) is 9.88 Å². The molecule has 134 valence electrons. The molecule has 0 unspecified atom stereocenters. The summed E-state index contributed by atoms with van der Waals surface area (Å²) in [5.74, 6) is -0.427. The summed E-state index contributed by atoms with van der Waals surface area (Å²) in [6, 6.07) is 11.1. The summed E-state index contributed by atoms with van der Waals surface area (Å²) in [5, 5.41) is 0.509. The number of amidine groups is 1. The summed E-state index contributed by atoms with van der Waals surface area (Å²) in [6.07, 6.45) is 4.93. The van der Waals surface area contributed by atoms with Crippen LogP contribution in [0.5, 0.6) is 0 Å². The van der Waals surface area contributed by atoms with E-state index in [-0.39, 0.29) is 11.8 Å². The number of aliphatic imine (C=N–C) groups is 1. The number of para-hydroxylation sites is 1. The first-order chi connectivity index (χ1) is 13.1. The maximum Gasteiger partial charge on any atom is 0.267 e. The number of benzene rings is 1. The van der Waals surface area contributed by atoms with Crippen LogP contribution >= 0.6 is 11.8 Å². The van der Waals surface area contributed by atoms with Gasteiger partial charge in [0.15, 0.2) is 5.17 Å². The first kappa shape index (κ1) is 17.2. The van der Waals surface area contributed by atoms with E-state index in [2.05, 4.69) is 16.6 Å². The van der Waals surface area contributed by atoms with Crippen LogP contribution in [0.3, 0.4) is 0 Å². The van der Waals surface area contributed by atoms with Gasteiger partial charge in [-0.3, -0.25) is 19.5 Å². The monoisotopic (exact) mass is 376 g/mol. The molecule has 7 heteroatoms. The molecule has 2 amide bonds. The van der Waals surface area contributed by atoms with Crippen LogP contribution in [-0.4, -0.2) is 40.5 Å². The summed E-state index contributed by atoms with van der Waals surface area (Å²) in [6.45, 7) is 4.04. The number of anilines is 1. The number of pyridine rings is 1. The lowest BCUT2D eigenvalue weighted by Gasteiger charge is -2.12. The zero-order chi connectivity index (χ0) is 19.0. The van der Waals surface area contributed by atoms with Crippen molar-refractivity contribution in [2.75, 3.05) is 18.5 Å². The Labute approximate surface area is 160 Å². The Morgan fingerprint density at radius 3 is 2.74 bits per heavy atom. The molecule has 2 aliphatic heterocycles. The number of thioether (sulfide) groups is 1. The second kappa shape index (κ2) is 6.85. The van der Waals surface area contributed by atoms with E-state index in [0.29, 0.717) is 27.9 Å². The van der Waals surface area contributed by atoms with Crippen molar-refractivity contribution < 1.29 is 9.59 Å². The molecule has 0 radical (unpaired) electrons. The lowest BCUT2D eigenvalue weighted by atomic mass is 10.1. The van der Waals surface area contributed by atoms with Gasteiger partial charge in [-0.25, -0.2) is 4.99 Å². The molecule has 0 spiro atoms. The minimum Gasteiger partial charge on any atom is -0.311 e. The van der Waals surface area contributed by atoms with E-state index < -0.39 is 0 Å². The zero-order valence-electron chi connectivity index (χ0n) is 14.6. The van der Waals surface area contributed by atoms with Crippen molar-refractivity contribution in [2.24, 2.45) is 4.99 Å². The Balaban J connectivity index is 1.84. The number of amides is 2. The molecule has 2 aromatic rings. The minimum absolute atomic E-state index is 0.187. The first-order valence-corrected chi connectivity index (χ1v) is 9.14. The standard InChI is InChI=1S/C20H16N4O2S/c1-3-11-24-19(26)17(27-20(24)22-13-7-6-10-21-12-13)16-14-8-4-5-9-15(14)23(2)18(16)25/h3-10,12H,1,11H2,2H3/b17-16-,22-20?. The molecular weight excluding hydrogens is 360 g/mol. The molecule has 1 aromatic heterocycles. The van der Waals surface area contributed by atoms with Crippen molar-refractivity contribution in [1.29, 1.82) is 0 Å². The number of rotatable bonds is 3. The van der Waals surface area contributed by atoms with Gasteiger partial charge in [-0.1, -0.05) is 24.3 Å². The van der Waals surface area contributed by atoms with E-state index in [0.717, 1.165) is 11.3 Å². The van der Waals surface area contributed by atoms with Crippen LogP contribution in [0.1, 0.15) is 5.56 Å². The predicted octanol–water partition coefficient (Wildman–Crippen LogP) is 3.22. The smallest absolute Gasteiger partial charge is 0.267 e. The van der Waals surface area contributed by atoms with Crippen LogP contribution in [0.15, 0.2) is 71.3 Å². The molecule has 1 saturated heterocycles. The van der Waals surface area contributed by atoms with Gasteiger partial charge in [0, 0.05) is 25.4 Å². The van der Waals surface area contributed by atoms with Crippen LogP contribution < -0.4 is 4.90 Å². The molecule has 0 saturated carbocycles. The van der Waals surface area contributed by atoms with Gasteiger partial charge in [-0.15, -0.1) is 6.58 Å². The molecule has 2 aliphatic rings. The highest BCUT2D eigenvalue weighted by molar-refractivity contribution is 8.18. The highest BCUT2D eigenvalue weighted by Gasteiger charge is 2.41. The number of carbonyl (C=O) groups excluding carboxylic acids is 2. The largest absolute Gasteiger partial charge is 0.311 e. The zero-order valence-corrected chi connectivity index (χ0v) is 15.4. The summed E-state index contributed by atoms with van der Waals surface area (Å²) in [5.41, 5.74) is 2.63. The molecule has 6 nitrogen and oxygen atoms in total. The lowest BCUT2D eigenvalue weighted by Crippen LogP contribution is -2.29. The third-order valence-corrected chi connectivity index (χ3v) is 5.40. The summed E-state index contributed by atoms with van der Waals surface area (Å²) >= 11 is 1.21. The summed E-state index contributed by atoms with van der Waals surface area (Å²) in [7, 11) is 1.71. The van der Waals surface area contributed by atoms with Crippen LogP contribution in [0.25, 0.3) is 5.57 Å². The van der Waals surface area contributed by atoms with Gasteiger partial charge in [0.2, 0.25) is 0 Å². The van der Waals surface area contributed by atoms with Gasteiger partial charge in [0.1, 0.15) is 0 Å². The van der Waals surface area contributed by atoms with E-state index in [1.807, 2.05) is 30.3 Å². The topological polar surface area (TPSA) is 65.9 Å². The van der Waals surface area contributed by atoms with E-state index in [1.165, 1.54) is 16.7 Å². The fraction of sp³-hybridized carbons (Fsp3) is 0.100. The molecule has 0 aliphatic carbocycles. The Bertz CT molecular complexity index is 1010. The Morgan fingerprint density at radius 2 is 2.00 bits per heavy atom. The number of hydrogen-bond acceptors (Lipinski definition) is 5. The van der Waals surface area contributed by atoms with E-state index in [1.54, 1.807) is 36.5 Å². The lowest BCUT2D eigenvalue weighted by molar-refractivity contribution is -0.122. The Hall–Kier alpha value is -3.19. The minimum atomic E-state index is -0.240. The third kappa shape index (κ3) is 2.86. The number of hydrogen-bond donors (Lipinski definition) is 0. The van der Waals surface area contributed by atoms with Crippen molar-refractivity contribution in [3.05, 3.63) is 71.9 Å². The third-order valence-electron chi connectivity index (χ3n) is 4.33. The van der Waals surface area contributed by atoms with E-state index in [4.69, 9.17) is 0 Å². The fourth-order valence-corrected chi connectivity index (χ4v) is 4.15. The van der Waals surface area contributed by atoms with Gasteiger partial charge in [-0.2, -0.15) is 0 Å². The molecule has 27 heavy (non-hydrogen) atoms. The number of likely N-dealkylation sites (N-methyl/N-ethyl adjacent to an activating group) is 1. The second-order valence-corrected chi connectivity index (χ2v) is 6.98. The van der Waals surface area contributed by atoms with Crippen LogP contribution in [0, 0.1) is 0 Å². The van der Waals surface area contributed by atoms with Gasteiger partial charge in [0.25, 0.3) is 11.8 Å². The molecule has 1 aromatic carbocycles. The number of carbonyl (C=O) groups is 2.